The Morgan fingerprint density at radius 3 is 2.53 bits per heavy atom. The molecule has 3 atom stereocenters. The van der Waals surface area contributed by atoms with Gasteiger partial charge in [0.1, 0.15) is 11.7 Å². The molecule has 2 aliphatic carbocycles. The van der Waals surface area contributed by atoms with Crippen molar-refractivity contribution in [1.29, 1.82) is 10.5 Å². The van der Waals surface area contributed by atoms with Crippen molar-refractivity contribution in [3.63, 3.8) is 0 Å². The van der Waals surface area contributed by atoms with Gasteiger partial charge in [0, 0.05) is 12.3 Å². The second-order valence-corrected chi connectivity index (χ2v) is 4.62. The molecular formula is C12H14N2O. The number of hydrogen-bond donors (Lipinski definition) is 0. The lowest BCUT2D eigenvalue weighted by atomic mass is 9.74. The van der Waals surface area contributed by atoms with Crippen molar-refractivity contribution in [2.45, 2.75) is 32.1 Å². The summed E-state index contributed by atoms with van der Waals surface area (Å²) in [5.41, 5.74) is 0. The van der Waals surface area contributed by atoms with E-state index in [1.807, 2.05) is 12.1 Å². The normalized spacial score (nSPS) is 34.6. The van der Waals surface area contributed by atoms with E-state index in [-0.39, 0.29) is 11.8 Å². The Kier molecular flexibility index (Phi) is 2.73. The van der Waals surface area contributed by atoms with Crippen molar-refractivity contribution in [2.75, 3.05) is 0 Å². The Morgan fingerprint density at radius 2 is 1.87 bits per heavy atom. The van der Waals surface area contributed by atoms with E-state index in [0.717, 1.165) is 25.7 Å². The molecular weight excluding hydrogens is 188 g/mol. The summed E-state index contributed by atoms with van der Waals surface area (Å²) in [6.07, 6.45) is 4.74. The maximum absolute atomic E-state index is 11.7. The SMILES string of the molecule is N#CC(C#N)C1CC(=O)C2CCCCC21. The van der Waals surface area contributed by atoms with Crippen LogP contribution in [0, 0.1) is 46.3 Å². The first-order valence-corrected chi connectivity index (χ1v) is 5.60. The number of nitriles is 2. The largest absolute Gasteiger partial charge is 0.299 e. The lowest BCUT2D eigenvalue weighted by Gasteiger charge is -2.28. The minimum atomic E-state index is -0.581. The maximum atomic E-state index is 11.7. The van der Waals surface area contributed by atoms with Gasteiger partial charge in [-0.25, -0.2) is 0 Å². The second-order valence-electron chi connectivity index (χ2n) is 4.62. The van der Waals surface area contributed by atoms with Gasteiger partial charge in [-0.1, -0.05) is 12.8 Å². The Hall–Kier alpha value is -1.35. The molecule has 3 heteroatoms. The second kappa shape index (κ2) is 4.03. The van der Waals surface area contributed by atoms with E-state index in [2.05, 4.69) is 0 Å². The van der Waals surface area contributed by atoms with Crippen LogP contribution in [0.4, 0.5) is 0 Å². The Morgan fingerprint density at radius 1 is 1.20 bits per heavy atom. The van der Waals surface area contributed by atoms with Crippen LogP contribution in [0.3, 0.4) is 0 Å². The molecule has 0 spiro atoms. The van der Waals surface area contributed by atoms with Gasteiger partial charge < -0.3 is 0 Å². The number of fused-ring (bicyclic) bond motifs is 1. The van der Waals surface area contributed by atoms with E-state index in [1.165, 1.54) is 0 Å². The van der Waals surface area contributed by atoms with E-state index in [1.54, 1.807) is 0 Å². The van der Waals surface area contributed by atoms with Crippen molar-refractivity contribution >= 4 is 5.78 Å². The summed E-state index contributed by atoms with van der Waals surface area (Å²) in [6, 6.07) is 4.07. The average molecular weight is 202 g/mol. The Balaban J connectivity index is 2.18. The molecule has 0 aromatic heterocycles. The molecule has 3 unspecified atom stereocenters. The molecule has 2 saturated carbocycles. The van der Waals surface area contributed by atoms with E-state index >= 15 is 0 Å². The van der Waals surface area contributed by atoms with Crippen molar-refractivity contribution < 1.29 is 4.79 Å². The van der Waals surface area contributed by atoms with Crippen LogP contribution in [0.15, 0.2) is 0 Å². The highest BCUT2D eigenvalue weighted by Crippen LogP contribution is 2.46. The van der Waals surface area contributed by atoms with Crippen LogP contribution in [0.5, 0.6) is 0 Å². The summed E-state index contributed by atoms with van der Waals surface area (Å²) in [6.45, 7) is 0. The van der Waals surface area contributed by atoms with Crippen LogP contribution in [0.2, 0.25) is 0 Å². The molecule has 0 bridgehead atoms. The van der Waals surface area contributed by atoms with Gasteiger partial charge in [-0.15, -0.1) is 0 Å². The Bertz CT molecular complexity index is 336. The monoisotopic (exact) mass is 202 g/mol. The van der Waals surface area contributed by atoms with E-state index < -0.39 is 5.92 Å². The highest BCUT2D eigenvalue weighted by molar-refractivity contribution is 5.84. The van der Waals surface area contributed by atoms with Gasteiger partial charge in [0.25, 0.3) is 0 Å². The van der Waals surface area contributed by atoms with Crippen LogP contribution >= 0.6 is 0 Å². The van der Waals surface area contributed by atoms with Crippen molar-refractivity contribution in [2.24, 2.45) is 23.7 Å². The van der Waals surface area contributed by atoms with Crippen molar-refractivity contribution in [3.8, 4) is 12.1 Å². The number of rotatable bonds is 1. The number of carbonyl (C=O) groups excluding carboxylic acids is 1. The summed E-state index contributed by atoms with van der Waals surface area (Å²) in [5.74, 6) is 0.198. The van der Waals surface area contributed by atoms with Crippen LogP contribution in [0.25, 0.3) is 0 Å². The lowest BCUT2D eigenvalue weighted by molar-refractivity contribution is -0.121. The third kappa shape index (κ3) is 1.63. The third-order valence-electron chi connectivity index (χ3n) is 3.93. The number of nitrogens with zero attached hydrogens (tertiary/aromatic N) is 2. The van der Waals surface area contributed by atoms with Crippen molar-refractivity contribution in [3.05, 3.63) is 0 Å². The molecule has 0 aromatic carbocycles. The molecule has 0 heterocycles. The zero-order chi connectivity index (χ0) is 10.8. The number of Topliss-reactive ketones (excluding diaryl/α,β-unsaturated/α-hetero) is 1. The summed E-state index contributed by atoms with van der Waals surface area (Å²) >= 11 is 0. The van der Waals surface area contributed by atoms with Crippen molar-refractivity contribution in [1.82, 2.24) is 0 Å². The van der Waals surface area contributed by atoms with Crippen LogP contribution < -0.4 is 0 Å². The highest BCUT2D eigenvalue weighted by Gasteiger charge is 2.46. The predicted molar refractivity (Wildman–Crippen MR) is 53.3 cm³/mol. The first kappa shape index (κ1) is 10.2. The van der Waals surface area contributed by atoms with Gasteiger partial charge in [-0.2, -0.15) is 10.5 Å². The maximum Gasteiger partial charge on any atom is 0.136 e. The quantitative estimate of drug-likeness (QED) is 0.653. The topological polar surface area (TPSA) is 64.7 Å². The number of carbonyl (C=O) groups is 1. The molecule has 0 amide bonds. The van der Waals surface area contributed by atoms with Gasteiger partial charge in [0.05, 0.1) is 12.1 Å². The summed E-state index contributed by atoms with van der Waals surface area (Å²) in [4.78, 5) is 11.7. The minimum absolute atomic E-state index is 0.0119. The van der Waals surface area contributed by atoms with E-state index in [0.29, 0.717) is 18.1 Å². The molecule has 0 N–H and O–H groups in total. The highest BCUT2D eigenvalue weighted by atomic mass is 16.1. The summed E-state index contributed by atoms with van der Waals surface area (Å²) in [5, 5.41) is 17.8. The first-order chi connectivity index (χ1) is 7.27. The van der Waals surface area contributed by atoms with Crippen LogP contribution in [-0.4, -0.2) is 5.78 Å². The van der Waals surface area contributed by atoms with E-state index in [9.17, 15) is 4.79 Å². The average Bonchev–Trinajstić information content (AvgIpc) is 2.60. The third-order valence-corrected chi connectivity index (χ3v) is 3.93. The van der Waals surface area contributed by atoms with Gasteiger partial charge in [-0.05, 0) is 24.7 Å². The predicted octanol–water partition coefficient (Wildman–Crippen LogP) is 2.05. The van der Waals surface area contributed by atoms with Crippen LogP contribution in [-0.2, 0) is 4.79 Å². The van der Waals surface area contributed by atoms with Gasteiger partial charge >= 0.3 is 0 Å². The zero-order valence-corrected chi connectivity index (χ0v) is 8.65. The first-order valence-electron chi connectivity index (χ1n) is 5.60. The smallest absolute Gasteiger partial charge is 0.136 e. The van der Waals surface area contributed by atoms with Gasteiger partial charge in [0.2, 0.25) is 0 Å². The molecule has 0 radical (unpaired) electrons. The number of ketones is 1. The molecule has 78 valence electrons. The molecule has 2 fully saturated rings. The lowest BCUT2D eigenvalue weighted by Crippen LogP contribution is -2.24. The zero-order valence-electron chi connectivity index (χ0n) is 8.65. The summed E-state index contributed by atoms with van der Waals surface area (Å²) < 4.78 is 0. The van der Waals surface area contributed by atoms with Gasteiger partial charge in [-0.3, -0.25) is 4.79 Å². The fraction of sp³-hybridized carbons (Fsp3) is 0.750. The fourth-order valence-electron chi connectivity index (χ4n) is 3.19. The molecule has 15 heavy (non-hydrogen) atoms. The van der Waals surface area contributed by atoms with Crippen LogP contribution in [0.1, 0.15) is 32.1 Å². The Labute approximate surface area is 89.7 Å². The standard InChI is InChI=1S/C12H14N2O/c13-6-8(7-14)11-5-12(15)10-4-2-1-3-9(10)11/h8-11H,1-5H2. The fourth-order valence-corrected chi connectivity index (χ4v) is 3.19. The molecule has 2 rings (SSSR count). The minimum Gasteiger partial charge on any atom is -0.299 e. The molecule has 0 aliphatic heterocycles. The molecule has 3 nitrogen and oxygen atoms in total. The molecule has 2 aliphatic rings. The van der Waals surface area contributed by atoms with Gasteiger partial charge in [0.15, 0.2) is 0 Å². The van der Waals surface area contributed by atoms with E-state index in [4.69, 9.17) is 10.5 Å². The molecule has 0 saturated heterocycles. The molecule has 0 aromatic rings. The summed E-state index contributed by atoms with van der Waals surface area (Å²) in [7, 11) is 0. The number of hydrogen-bond acceptors (Lipinski definition) is 3.